The maximum absolute atomic E-state index is 4.48. The maximum atomic E-state index is 4.48. The van der Waals surface area contributed by atoms with Crippen molar-refractivity contribution < 1.29 is 0 Å². The number of anilines is 1. The molecule has 2 aromatic heterocycles. The van der Waals surface area contributed by atoms with Crippen LogP contribution in [0.3, 0.4) is 0 Å². The molecular formula is C19H19N5. The summed E-state index contributed by atoms with van der Waals surface area (Å²) in [7, 11) is 2.14. The highest BCUT2D eigenvalue weighted by atomic mass is 15.3. The number of aromatic amines is 1. The molecule has 1 saturated heterocycles. The molecule has 0 radical (unpaired) electrons. The first kappa shape index (κ1) is 13.6. The van der Waals surface area contributed by atoms with Gasteiger partial charge in [0.1, 0.15) is 0 Å². The van der Waals surface area contributed by atoms with Gasteiger partial charge in [-0.25, -0.2) is 0 Å². The standard InChI is InChI=1S/C19H19N5/c1-23-9-15-11-24(12-16(15)10-23)19-5-4-18(21-22-19)13-2-3-17-14(8-13)6-7-20-17/h2-9,16,20H,10-12H2,1H3. The molecule has 5 heteroatoms. The number of nitrogens with zero attached hydrogens (tertiary/aromatic N) is 4. The van der Waals surface area contributed by atoms with Gasteiger partial charge in [0.25, 0.3) is 0 Å². The Morgan fingerprint density at radius 3 is 2.88 bits per heavy atom. The summed E-state index contributed by atoms with van der Waals surface area (Å²) in [6.45, 7) is 3.13. The van der Waals surface area contributed by atoms with Crippen molar-refractivity contribution in [3.8, 4) is 11.3 Å². The van der Waals surface area contributed by atoms with Crippen LogP contribution in [0.2, 0.25) is 0 Å². The van der Waals surface area contributed by atoms with Crippen molar-refractivity contribution in [2.75, 3.05) is 31.6 Å². The molecule has 0 aliphatic carbocycles. The van der Waals surface area contributed by atoms with Crippen LogP contribution in [0, 0.1) is 5.92 Å². The zero-order valence-electron chi connectivity index (χ0n) is 13.6. The predicted octanol–water partition coefficient (Wildman–Crippen LogP) is 2.89. The summed E-state index contributed by atoms with van der Waals surface area (Å²) in [4.78, 5) is 7.83. The van der Waals surface area contributed by atoms with Crippen molar-refractivity contribution in [2.45, 2.75) is 0 Å². The molecule has 1 atom stereocenters. The van der Waals surface area contributed by atoms with E-state index in [-0.39, 0.29) is 0 Å². The SMILES string of the molecule is CN1C=C2CN(c3ccc(-c4ccc5[nH]ccc5c4)nn3)CC2C1. The molecule has 1 aromatic carbocycles. The molecule has 1 fully saturated rings. The Kier molecular flexibility index (Phi) is 2.89. The van der Waals surface area contributed by atoms with E-state index in [1.54, 1.807) is 0 Å². The van der Waals surface area contributed by atoms with Gasteiger partial charge in [-0.3, -0.25) is 0 Å². The maximum Gasteiger partial charge on any atom is 0.151 e. The van der Waals surface area contributed by atoms with Gasteiger partial charge in [-0.15, -0.1) is 10.2 Å². The Balaban J connectivity index is 1.40. The third kappa shape index (κ3) is 2.16. The van der Waals surface area contributed by atoms with Crippen LogP contribution in [0.15, 0.2) is 54.4 Å². The fraction of sp³-hybridized carbons (Fsp3) is 0.263. The van der Waals surface area contributed by atoms with E-state index in [1.807, 2.05) is 6.20 Å². The van der Waals surface area contributed by atoms with Crippen LogP contribution in [0.25, 0.3) is 22.2 Å². The Bertz CT molecular complexity index is 924. The van der Waals surface area contributed by atoms with Gasteiger partial charge in [0.05, 0.1) is 5.69 Å². The second kappa shape index (κ2) is 5.09. The number of rotatable bonds is 2. The van der Waals surface area contributed by atoms with Gasteiger partial charge in [-0.2, -0.15) is 0 Å². The summed E-state index contributed by atoms with van der Waals surface area (Å²) in [6, 6.07) is 12.6. The molecule has 24 heavy (non-hydrogen) atoms. The van der Waals surface area contributed by atoms with Crippen LogP contribution in [0.1, 0.15) is 0 Å². The van der Waals surface area contributed by atoms with E-state index in [0.29, 0.717) is 5.92 Å². The van der Waals surface area contributed by atoms with Gasteiger partial charge in [0, 0.05) is 61.5 Å². The van der Waals surface area contributed by atoms with Crippen molar-refractivity contribution in [3.63, 3.8) is 0 Å². The number of fused-ring (bicyclic) bond motifs is 2. The number of hydrogen-bond acceptors (Lipinski definition) is 4. The molecule has 0 saturated carbocycles. The van der Waals surface area contributed by atoms with E-state index in [4.69, 9.17) is 0 Å². The van der Waals surface area contributed by atoms with E-state index in [2.05, 4.69) is 74.6 Å². The van der Waals surface area contributed by atoms with Crippen LogP contribution < -0.4 is 4.90 Å². The van der Waals surface area contributed by atoms with E-state index in [0.717, 1.165) is 42.2 Å². The van der Waals surface area contributed by atoms with Crippen molar-refractivity contribution in [1.29, 1.82) is 0 Å². The molecule has 0 bridgehead atoms. The van der Waals surface area contributed by atoms with Gasteiger partial charge in [-0.05, 0) is 35.9 Å². The highest BCUT2D eigenvalue weighted by Gasteiger charge is 2.32. The van der Waals surface area contributed by atoms with Gasteiger partial charge in [-0.1, -0.05) is 6.07 Å². The van der Waals surface area contributed by atoms with Crippen molar-refractivity contribution in [1.82, 2.24) is 20.1 Å². The lowest BCUT2D eigenvalue weighted by atomic mass is 10.1. The highest BCUT2D eigenvalue weighted by molar-refractivity contribution is 5.84. The van der Waals surface area contributed by atoms with Crippen molar-refractivity contribution in [3.05, 3.63) is 54.4 Å². The molecule has 5 nitrogen and oxygen atoms in total. The zero-order chi connectivity index (χ0) is 16.1. The van der Waals surface area contributed by atoms with Crippen molar-refractivity contribution >= 4 is 16.7 Å². The minimum absolute atomic E-state index is 0.646. The monoisotopic (exact) mass is 317 g/mol. The number of benzene rings is 1. The smallest absolute Gasteiger partial charge is 0.151 e. The van der Waals surface area contributed by atoms with E-state index >= 15 is 0 Å². The summed E-state index contributed by atoms with van der Waals surface area (Å²) >= 11 is 0. The fourth-order valence-electron chi connectivity index (χ4n) is 3.84. The Hall–Kier alpha value is -2.82. The van der Waals surface area contributed by atoms with Gasteiger partial charge < -0.3 is 14.8 Å². The second-order valence-corrected chi connectivity index (χ2v) is 6.78. The number of hydrogen-bond donors (Lipinski definition) is 1. The Morgan fingerprint density at radius 2 is 2.04 bits per heavy atom. The third-order valence-corrected chi connectivity index (χ3v) is 5.06. The Labute approximate surface area is 140 Å². The van der Waals surface area contributed by atoms with E-state index in [1.165, 1.54) is 11.0 Å². The van der Waals surface area contributed by atoms with Crippen molar-refractivity contribution in [2.24, 2.45) is 5.92 Å². The van der Waals surface area contributed by atoms with Crippen LogP contribution in [0.5, 0.6) is 0 Å². The highest BCUT2D eigenvalue weighted by Crippen LogP contribution is 2.31. The Morgan fingerprint density at radius 1 is 1.08 bits per heavy atom. The van der Waals surface area contributed by atoms with E-state index in [9.17, 15) is 0 Å². The third-order valence-electron chi connectivity index (χ3n) is 5.06. The van der Waals surface area contributed by atoms with Gasteiger partial charge in [0.2, 0.25) is 0 Å². The first-order chi connectivity index (χ1) is 11.8. The predicted molar refractivity (Wildman–Crippen MR) is 95.7 cm³/mol. The molecule has 4 heterocycles. The molecule has 2 aliphatic rings. The lowest BCUT2D eigenvalue weighted by molar-refractivity contribution is 0.442. The largest absolute Gasteiger partial charge is 0.380 e. The molecule has 0 spiro atoms. The number of nitrogens with one attached hydrogen (secondary N) is 1. The summed E-state index contributed by atoms with van der Waals surface area (Å²) in [5, 5.41) is 10.1. The number of H-pyrrole nitrogens is 1. The summed E-state index contributed by atoms with van der Waals surface area (Å²) in [5.41, 5.74) is 4.68. The molecule has 2 aliphatic heterocycles. The summed E-state index contributed by atoms with van der Waals surface area (Å²) < 4.78 is 0. The molecule has 5 rings (SSSR count). The average Bonchev–Trinajstić information content (AvgIpc) is 3.28. The minimum Gasteiger partial charge on any atom is -0.380 e. The average molecular weight is 317 g/mol. The van der Waals surface area contributed by atoms with Gasteiger partial charge >= 0.3 is 0 Å². The molecule has 1 unspecified atom stereocenters. The molecule has 120 valence electrons. The molecular weight excluding hydrogens is 298 g/mol. The molecule has 3 aromatic rings. The first-order valence-corrected chi connectivity index (χ1v) is 8.33. The lowest BCUT2D eigenvalue weighted by Crippen LogP contribution is -2.25. The molecule has 0 amide bonds. The number of aromatic nitrogens is 3. The van der Waals surface area contributed by atoms with Crippen LogP contribution in [-0.2, 0) is 0 Å². The lowest BCUT2D eigenvalue weighted by Gasteiger charge is -2.18. The second-order valence-electron chi connectivity index (χ2n) is 6.78. The topological polar surface area (TPSA) is 48.0 Å². The van der Waals surface area contributed by atoms with Crippen LogP contribution in [0.4, 0.5) is 5.82 Å². The van der Waals surface area contributed by atoms with Crippen LogP contribution >= 0.6 is 0 Å². The normalized spacial score (nSPS) is 19.9. The summed E-state index contributed by atoms with van der Waals surface area (Å²) in [6.07, 6.45) is 4.23. The first-order valence-electron chi connectivity index (χ1n) is 8.33. The zero-order valence-corrected chi connectivity index (χ0v) is 13.6. The fourth-order valence-corrected chi connectivity index (χ4v) is 3.84. The quantitative estimate of drug-likeness (QED) is 0.789. The van der Waals surface area contributed by atoms with E-state index < -0.39 is 0 Å². The van der Waals surface area contributed by atoms with Gasteiger partial charge in [0.15, 0.2) is 5.82 Å². The minimum atomic E-state index is 0.646. The summed E-state index contributed by atoms with van der Waals surface area (Å²) in [5.74, 6) is 1.62. The molecule has 1 N–H and O–H groups in total. The van der Waals surface area contributed by atoms with Crippen LogP contribution in [-0.4, -0.2) is 46.8 Å².